The van der Waals surface area contributed by atoms with Crippen LogP contribution in [0.3, 0.4) is 0 Å². The molecular formula is C23H28N6O5. The maximum absolute atomic E-state index is 13.2. The molecule has 1 aliphatic heterocycles. The number of para-hydroxylation sites is 1. The first-order valence-electron chi connectivity index (χ1n) is 11.0. The van der Waals surface area contributed by atoms with Crippen molar-refractivity contribution in [2.75, 3.05) is 31.1 Å². The quantitative estimate of drug-likeness (QED) is 0.533. The van der Waals surface area contributed by atoms with Crippen molar-refractivity contribution in [3.63, 3.8) is 0 Å². The van der Waals surface area contributed by atoms with Crippen LogP contribution in [0, 0.1) is 0 Å². The molecule has 0 spiro atoms. The van der Waals surface area contributed by atoms with Gasteiger partial charge in [0, 0.05) is 45.8 Å². The molecule has 0 N–H and O–H groups in total. The number of carbonyl (C=O) groups is 2. The van der Waals surface area contributed by atoms with Crippen LogP contribution in [0.1, 0.15) is 31.1 Å². The van der Waals surface area contributed by atoms with E-state index in [1.54, 1.807) is 40.8 Å². The molecule has 1 aliphatic rings. The van der Waals surface area contributed by atoms with E-state index in [0.717, 1.165) is 10.9 Å². The van der Waals surface area contributed by atoms with E-state index in [9.17, 15) is 19.2 Å². The SMILES string of the molecule is Cn1c(=O)c2c(nc(N3CCN(C(=O)OC(C)(C)C)CC3)n2-c2ccccc2C=O)n(C)c1=O. The van der Waals surface area contributed by atoms with Crippen LogP contribution in [-0.2, 0) is 18.8 Å². The molecule has 1 aromatic carbocycles. The van der Waals surface area contributed by atoms with Gasteiger partial charge in [0.2, 0.25) is 5.95 Å². The number of nitrogens with zero attached hydrogens (tertiary/aromatic N) is 6. The van der Waals surface area contributed by atoms with Gasteiger partial charge in [0.05, 0.1) is 5.69 Å². The Morgan fingerprint density at radius 2 is 1.68 bits per heavy atom. The van der Waals surface area contributed by atoms with Gasteiger partial charge in [-0.2, -0.15) is 4.98 Å². The van der Waals surface area contributed by atoms with Crippen molar-refractivity contribution in [2.45, 2.75) is 26.4 Å². The molecule has 0 unspecified atom stereocenters. The van der Waals surface area contributed by atoms with Crippen LogP contribution in [0.2, 0.25) is 0 Å². The molecule has 0 bridgehead atoms. The van der Waals surface area contributed by atoms with Crippen LogP contribution in [0.4, 0.5) is 10.7 Å². The van der Waals surface area contributed by atoms with E-state index >= 15 is 0 Å². The van der Waals surface area contributed by atoms with E-state index in [4.69, 9.17) is 4.74 Å². The fourth-order valence-electron chi connectivity index (χ4n) is 4.03. The summed E-state index contributed by atoms with van der Waals surface area (Å²) in [6, 6.07) is 6.89. The third-order valence-electron chi connectivity index (χ3n) is 5.76. The highest BCUT2D eigenvalue weighted by molar-refractivity contribution is 5.85. The van der Waals surface area contributed by atoms with Crippen molar-refractivity contribution in [3.05, 3.63) is 50.7 Å². The Balaban J connectivity index is 1.83. The minimum Gasteiger partial charge on any atom is -0.444 e. The normalized spacial score (nSPS) is 14.5. The van der Waals surface area contributed by atoms with E-state index < -0.39 is 16.9 Å². The zero-order valence-corrected chi connectivity index (χ0v) is 19.9. The topological polar surface area (TPSA) is 112 Å². The summed E-state index contributed by atoms with van der Waals surface area (Å²) in [7, 11) is 2.96. The number of piperazine rings is 1. The van der Waals surface area contributed by atoms with Crippen LogP contribution in [0.5, 0.6) is 0 Å². The fraction of sp³-hybridized carbons (Fsp3) is 0.435. The maximum Gasteiger partial charge on any atom is 0.410 e. The second-order valence-electron chi connectivity index (χ2n) is 9.26. The lowest BCUT2D eigenvalue weighted by molar-refractivity contribution is 0.0240. The first kappa shape index (κ1) is 23.3. The number of amides is 1. The molecule has 11 heteroatoms. The van der Waals surface area contributed by atoms with Gasteiger partial charge >= 0.3 is 11.8 Å². The third kappa shape index (κ3) is 3.97. The minimum atomic E-state index is -0.592. The maximum atomic E-state index is 13.2. The van der Waals surface area contributed by atoms with Crippen LogP contribution in [0.25, 0.3) is 16.9 Å². The number of ether oxygens (including phenoxy) is 1. The number of hydrogen-bond acceptors (Lipinski definition) is 7. The van der Waals surface area contributed by atoms with Crippen molar-refractivity contribution in [1.82, 2.24) is 23.6 Å². The summed E-state index contributed by atoms with van der Waals surface area (Å²) in [6.07, 6.45) is 0.334. The van der Waals surface area contributed by atoms with Gasteiger partial charge in [0.25, 0.3) is 5.56 Å². The van der Waals surface area contributed by atoms with Crippen molar-refractivity contribution >= 4 is 29.5 Å². The van der Waals surface area contributed by atoms with Gasteiger partial charge in [-0.15, -0.1) is 0 Å². The fourth-order valence-corrected chi connectivity index (χ4v) is 4.03. The van der Waals surface area contributed by atoms with E-state index in [1.807, 2.05) is 25.7 Å². The van der Waals surface area contributed by atoms with Crippen LogP contribution >= 0.6 is 0 Å². The average molecular weight is 469 g/mol. The number of hydrogen-bond donors (Lipinski definition) is 0. The van der Waals surface area contributed by atoms with E-state index in [2.05, 4.69) is 4.98 Å². The Bertz CT molecular complexity index is 1390. The average Bonchev–Trinajstić information content (AvgIpc) is 3.21. The van der Waals surface area contributed by atoms with Crippen molar-refractivity contribution in [1.29, 1.82) is 0 Å². The van der Waals surface area contributed by atoms with E-state index in [1.165, 1.54) is 11.6 Å². The Morgan fingerprint density at radius 1 is 1.03 bits per heavy atom. The molecule has 1 fully saturated rings. The lowest BCUT2D eigenvalue weighted by Gasteiger charge is -2.36. The zero-order valence-electron chi connectivity index (χ0n) is 19.9. The minimum absolute atomic E-state index is 0.198. The molecule has 0 aliphatic carbocycles. The number of aromatic nitrogens is 4. The zero-order chi connectivity index (χ0) is 24.8. The molecule has 0 saturated carbocycles. The number of fused-ring (bicyclic) bond motifs is 1. The number of aryl methyl sites for hydroxylation is 1. The van der Waals surface area contributed by atoms with Gasteiger partial charge < -0.3 is 14.5 Å². The number of carbonyl (C=O) groups excluding carboxylic acids is 2. The monoisotopic (exact) mass is 468 g/mol. The van der Waals surface area contributed by atoms with Crippen LogP contribution in [0.15, 0.2) is 33.9 Å². The molecule has 2 aromatic heterocycles. The van der Waals surface area contributed by atoms with Gasteiger partial charge in [0.1, 0.15) is 5.60 Å². The molecule has 0 radical (unpaired) electrons. The summed E-state index contributed by atoms with van der Waals surface area (Å²) in [5.41, 5.74) is -0.309. The van der Waals surface area contributed by atoms with Gasteiger partial charge in [-0.05, 0) is 32.9 Å². The highest BCUT2D eigenvalue weighted by atomic mass is 16.6. The Morgan fingerprint density at radius 3 is 2.29 bits per heavy atom. The molecule has 180 valence electrons. The van der Waals surface area contributed by atoms with Gasteiger partial charge in [-0.3, -0.25) is 23.3 Å². The summed E-state index contributed by atoms with van der Waals surface area (Å²) >= 11 is 0. The molecule has 4 rings (SSSR count). The summed E-state index contributed by atoms with van der Waals surface area (Å²) < 4.78 is 9.44. The smallest absolute Gasteiger partial charge is 0.410 e. The lowest BCUT2D eigenvalue weighted by Crippen LogP contribution is -2.50. The summed E-state index contributed by atoms with van der Waals surface area (Å²) in [5.74, 6) is 0.423. The standard InChI is InChI=1S/C23H28N6O5/c1-23(2,3)34-22(33)28-12-10-27(11-13-28)20-24-18-17(19(31)26(5)21(32)25(18)4)29(20)16-9-7-6-8-15(16)14-30/h6-9,14H,10-13H2,1-5H3. The molecular weight excluding hydrogens is 440 g/mol. The second kappa shape index (κ2) is 8.47. The number of imidazole rings is 1. The second-order valence-corrected chi connectivity index (χ2v) is 9.26. The molecule has 3 heterocycles. The lowest BCUT2D eigenvalue weighted by atomic mass is 10.2. The highest BCUT2D eigenvalue weighted by Gasteiger charge is 2.30. The van der Waals surface area contributed by atoms with Crippen molar-refractivity contribution in [2.24, 2.45) is 14.1 Å². The third-order valence-corrected chi connectivity index (χ3v) is 5.76. The van der Waals surface area contributed by atoms with Gasteiger partial charge in [-0.25, -0.2) is 9.59 Å². The Kier molecular flexibility index (Phi) is 5.80. The van der Waals surface area contributed by atoms with Crippen molar-refractivity contribution in [3.8, 4) is 5.69 Å². The Labute approximate surface area is 195 Å². The predicted octanol–water partition coefficient (Wildman–Crippen LogP) is 1.29. The first-order valence-corrected chi connectivity index (χ1v) is 11.0. The van der Waals surface area contributed by atoms with Gasteiger partial charge in [-0.1, -0.05) is 12.1 Å². The largest absolute Gasteiger partial charge is 0.444 e. The van der Waals surface area contributed by atoms with Crippen LogP contribution < -0.4 is 16.1 Å². The number of benzene rings is 1. The van der Waals surface area contributed by atoms with Crippen LogP contribution in [-0.4, -0.2) is 67.7 Å². The summed E-state index contributed by atoms with van der Waals surface area (Å²) in [5, 5.41) is 0. The number of anilines is 1. The van der Waals surface area contributed by atoms with Crippen molar-refractivity contribution < 1.29 is 14.3 Å². The van der Waals surface area contributed by atoms with E-state index in [0.29, 0.717) is 43.4 Å². The molecule has 34 heavy (non-hydrogen) atoms. The molecule has 1 saturated heterocycles. The number of rotatable bonds is 3. The molecule has 3 aromatic rings. The van der Waals surface area contributed by atoms with E-state index in [-0.39, 0.29) is 17.3 Å². The molecule has 11 nitrogen and oxygen atoms in total. The molecule has 1 amide bonds. The Hall–Kier alpha value is -3.89. The summed E-state index contributed by atoms with van der Waals surface area (Å²) in [4.78, 5) is 58.2. The summed E-state index contributed by atoms with van der Waals surface area (Å²) in [6.45, 7) is 7.10. The van der Waals surface area contributed by atoms with Gasteiger partial charge in [0.15, 0.2) is 17.5 Å². The predicted molar refractivity (Wildman–Crippen MR) is 127 cm³/mol. The highest BCUT2D eigenvalue weighted by Crippen LogP contribution is 2.27. The first-order chi connectivity index (χ1) is 16.0. The number of aldehydes is 1. The molecule has 0 atom stereocenters.